The van der Waals surface area contributed by atoms with Crippen LogP contribution in [0.2, 0.25) is 5.28 Å². The second kappa shape index (κ2) is 5.81. The summed E-state index contributed by atoms with van der Waals surface area (Å²) in [6, 6.07) is 0. The van der Waals surface area contributed by atoms with Crippen LogP contribution in [0, 0.1) is 17.0 Å². The van der Waals surface area contributed by atoms with Crippen LogP contribution >= 0.6 is 23.4 Å². The van der Waals surface area contributed by atoms with Crippen molar-refractivity contribution in [2.45, 2.75) is 30.9 Å². The third kappa shape index (κ3) is 3.09. The van der Waals surface area contributed by atoms with Crippen LogP contribution in [0.25, 0.3) is 0 Å². The number of halogens is 1. The molecule has 1 aromatic rings. The summed E-state index contributed by atoms with van der Waals surface area (Å²) in [5.41, 5.74) is 0.220. The monoisotopic (exact) mass is 289 g/mol. The highest BCUT2D eigenvalue weighted by atomic mass is 35.5. The van der Waals surface area contributed by atoms with Crippen LogP contribution in [0.1, 0.15) is 18.5 Å². The van der Waals surface area contributed by atoms with Crippen molar-refractivity contribution in [3.63, 3.8) is 0 Å². The van der Waals surface area contributed by atoms with Gasteiger partial charge < -0.3 is 4.74 Å². The fourth-order valence-corrected chi connectivity index (χ4v) is 3.14. The molecule has 6 nitrogen and oxygen atoms in total. The van der Waals surface area contributed by atoms with Gasteiger partial charge in [-0.25, -0.2) is 9.97 Å². The molecule has 98 valence electrons. The highest BCUT2D eigenvalue weighted by molar-refractivity contribution is 7.99. The van der Waals surface area contributed by atoms with Crippen LogP contribution in [-0.2, 0) is 4.74 Å². The zero-order chi connectivity index (χ0) is 13.1. The molecule has 1 aliphatic heterocycles. The van der Waals surface area contributed by atoms with E-state index in [2.05, 4.69) is 9.97 Å². The lowest BCUT2D eigenvalue weighted by molar-refractivity contribution is -0.389. The first-order valence-electron chi connectivity index (χ1n) is 5.51. The normalized spacial score (nSPS) is 19.1. The van der Waals surface area contributed by atoms with Gasteiger partial charge in [0.05, 0.1) is 11.0 Å². The third-order valence-electron chi connectivity index (χ3n) is 2.61. The van der Waals surface area contributed by atoms with E-state index in [9.17, 15) is 10.1 Å². The molecule has 2 rings (SSSR count). The molecule has 18 heavy (non-hydrogen) atoms. The molecule has 0 bridgehead atoms. The van der Waals surface area contributed by atoms with Crippen molar-refractivity contribution in [1.29, 1.82) is 0 Å². The Kier molecular flexibility index (Phi) is 4.36. The predicted molar refractivity (Wildman–Crippen MR) is 68.1 cm³/mol. The van der Waals surface area contributed by atoms with Gasteiger partial charge in [-0.15, -0.1) is 0 Å². The van der Waals surface area contributed by atoms with Crippen molar-refractivity contribution in [2.24, 2.45) is 0 Å². The van der Waals surface area contributed by atoms with Gasteiger partial charge in [0.1, 0.15) is 5.69 Å². The SMILES string of the molecule is Cc1nc(Cl)nc(SCC2CCCO2)c1[N+](=O)[O-]. The number of nitrogens with zero attached hydrogens (tertiary/aromatic N) is 3. The van der Waals surface area contributed by atoms with Crippen LogP contribution in [0.4, 0.5) is 5.69 Å². The van der Waals surface area contributed by atoms with Gasteiger partial charge in [-0.2, -0.15) is 0 Å². The van der Waals surface area contributed by atoms with E-state index in [0.29, 0.717) is 10.8 Å². The number of aromatic nitrogens is 2. The van der Waals surface area contributed by atoms with Crippen molar-refractivity contribution in [1.82, 2.24) is 9.97 Å². The Morgan fingerprint density at radius 1 is 1.61 bits per heavy atom. The van der Waals surface area contributed by atoms with Crippen molar-refractivity contribution in [2.75, 3.05) is 12.4 Å². The van der Waals surface area contributed by atoms with Crippen molar-refractivity contribution in [3.8, 4) is 0 Å². The molecule has 0 amide bonds. The molecule has 1 aromatic heterocycles. The predicted octanol–water partition coefficient (Wildman–Crippen LogP) is 2.62. The lowest BCUT2D eigenvalue weighted by atomic mass is 10.3. The summed E-state index contributed by atoms with van der Waals surface area (Å²) >= 11 is 7.03. The lowest BCUT2D eigenvalue weighted by Crippen LogP contribution is -2.09. The first-order valence-corrected chi connectivity index (χ1v) is 6.87. The van der Waals surface area contributed by atoms with E-state index in [1.165, 1.54) is 11.8 Å². The number of nitro groups is 1. The number of hydrogen-bond acceptors (Lipinski definition) is 6. The summed E-state index contributed by atoms with van der Waals surface area (Å²) in [6.45, 7) is 2.32. The van der Waals surface area contributed by atoms with Crippen LogP contribution in [-0.4, -0.2) is 33.4 Å². The second-order valence-corrected chi connectivity index (χ2v) is 5.28. The third-order valence-corrected chi connectivity index (χ3v) is 3.88. The maximum Gasteiger partial charge on any atom is 0.322 e. The first-order chi connectivity index (χ1) is 8.58. The molecule has 0 aromatic carbocycles. The molecule has 1 saturated heterocycles. The Bertz CT molecular complexity index is 466. The second-order valence-electron chi connectivity index (χ2n) is 3.93. The Morgan fingerprint density at radius 2 is 2.39 bits per heavy atom. The Balaban J connectivity index is 2.16. The van der Waals surface area contributed by atoms with Gasteiger partial charge >= 0.3 is 5.69 Å². The van der Waals surface area contributed by atoms with Gasteiger partial charge in [-0.1, -0.05) is 11.8 Å². The molecule has 0 saturated carbocycles. The van der Waals surface area contributed by atoms with E-state index in [1.807, 2.05) is 0 Å². The summed E-state index contributed by atoms with van der Waals surface area (Å²) in [6.07, 6.45) is 2.17. The van der Waals surface area contributed by atoms with Crippen molar-refractivity contribution >= 4 is 29.1 Å². The average molecular weight is 290 g/mol. The summed E-state index contributed by atoms with van der Waals surface area (Å²) < 4.78 is 5.47. The van der Waals surface area contributed by atoms with Crippen LogP contribution in [0.3, 0.4) is 0 Å². The maximum atomic E-state index is 11.0. The Labute approximate surface area is 113 Å². The standard InChI is InChI=1S/C10H12ClN3O3S/c1-6-8(14(15)16)9(13-10(11)12-6)18-5-7-3-2-4-17-7/h7H,2-5H2,1H3. The van der Waals surface area contributed by atoms with E-state index in [4.69, 9.17) is 16.3 Å². The molecule has 0 N–H and O–H groups in total. The number of thioether (sulfide) groups is 1. The van der Waals surface area contributed by atoms with Gasteiger partial charge in [0.15, 0.2) is 5.03 Å². The molecule has 8 heteroatoms. The smallest absolute Gasteiger partial charge is 0.322 e. The molecule has 0 spiro atoms. The highest BCUT2D eigenvalue weighted by Gasteiger charge is 2.24. The zero-order valence-corrected chi connectivity index (χ0v) is 11.3. The first kappa shape index (κ1) is 13.5. The molecule has 2 heterocycles. The van der Waals surface area contributed by atoms with Gasteiger partial charge in [-0.05, 0) is 31.4 Å². The Morgan fingerprint density at radius 3 is 3.00 bits per heavy atom. The fraction of sp³-hybridized carbons (Fsp3) is 0.600. The van der Waals surface area contributed by atoms with Crippen LogP contribution < -0.4 is 0 Å². The number of aryl methyl sites for hydroxylation is 1. The van der Waals surface area contributed by atoms with Crippen molar-refractivity contribution < 1.29 is 9.66 Å². The van der Waals surface area contributed by atoms with Gasteiger partial charge in [0.2, 0.25) is 5.28 Å². The molecule has 1 atom stereocenters. The van der Waals surface area contributed by atoms with E-state index < -0.39 is 4.92 Å². The molecule has 1 aliphatic rings. The largest absolute Gasteiger partial charge is 0.377 e. The molecule has 0 aliphatic carbocycles. The molecule has 0 radical (unpaired) electrons. The molecular weight excluding hydrogens is 278 g/mol. The quantitative estimate of drug-likeness (QED) is 0.279. The topological polar surface area (TPSA) is 78.2 Å². The van der Waals surface area contributed by atoms with E-state index in [-0.39, 0.29) is 22.8 Å². The Hall–Kier alpha value is -0.920. The van der Waals surface area contributed by atoms with Crippen LogP contribution in [0.5, 0.6) is 0 Å². The number of rotatable bonds is 4. The van der Waals surface area contributed by atoms with E-state index in [1.54, 1.807) is 6.92 Å². The van der Waals surface area contributed by atoms with E-state index in [0.717, 1.165) is 19.4 Å². The number of ether oxygens (including phenoxy) is 1. The lowest BCUT2D eigenvalue weighted by Gasteiger charge is -2.09. The summed E-state index contributed by atoms with van der Waals surface area (Å²) in [5, 5.41) is 11.3. The molecular formula is C10H12ClN3O3S. The van der Waals surface area contributed by atoms with Gasteiger partial charge in [-0.3, -0.25) is 10.1 Å². The summed E-state index contributed by atoms with van der Waals surface area (Å²) in [5.74, 6) is 0.646. The van der Waals surface area contributed by atoms with Gasteiger partial charge in [0.25, 0.3) is 0 Å². The highest BCUT2D eigenvalue weighted by Crippen LogP contribution is 2.32. The molecule has 1 fully saturated rings. The minimum absolute atomic E-state index is 0.0351. The van der Waals surface area contributed by atoms with E-state index >= 15 is 0 Å². The van der Waals surface area contributed by atoms with Crippen LogP contribution in [0.15, 0.2) is 5.03 Å². The summed E-state index contributed by atoms with van der Waals surface area (Å²) in [4.78, 5) is 18.3. The summed E-state index contributed by atoms with van der Waals surface area (Å²) in [7, 11) is 0. The van der Waals surface area contributed by atoms with Gasteiger partial charge in [0, 0.05) is 12.4 Å². The fourth-order valence-electron chi connectivity index (χ4n) is 1.77. The minimum Gasteiger partial charge on any atom is -0.377 e. The van der Waals surface area contributed by atoms with Crippen molar-refractivity contribution in [3.05, 3.63) is 21.1 Å². The molecule has 1 unspecified atom stereocenters. The maximum absolute atomic E-state index is 11.0. The minimum atomic E-state index is -0.469. The number of hydrogen-bond donors (Lipinski definition) is 0. The zero-order valence-electron chi connectivity index (χ0n) is 9.76. The average Bonchev–Trinajstić information content (AvgIpc) is 2.77.